The van der Waals surface area contributed by atoms with E-state index in [0.717, 1.165) is 5.56 Å². The van der Waals surface area contributed by atoms with Crippen molar-refractivity contribution in [1.29, 1.82) is 0 Å². The van der Waals surface area contributed by atoms with Crippen LogP contribution in [-0.2, 0) is 11.3 Å². The first-order valence-corrected chi connectivity index (χ1v) is 9.27. The fraction of sp³-hybridized carbons (Fsp3) is 0.190. The molecule has 0 unspecified atom stereocenters. The molecule has 0 saturated heterocycles. The maximum absolute atomic E-state index is 12.5. The maximum Gasteiger partial charge on any atom is 0.343 e. The first-order chi connectivity index (χ1) is 14.0. The van der Waals surface area contributed by atoms with E-state index in [9.17, 15) is 9.59 Å². The lowest BCUT2D eigenvalue weighted by molar-refractivity contribution is 0.0474. The van der Waals surface area contributed by atoms with Gasteiger partial charge in [0, 0.05) is 5.56 Å². The summed E-state index contributed by atoms with van der Waals surface area (Å²) in [6, 6.07) is 14.4. The lowest BCUT2D eigenvalue weighted by Crippen LogP contribution is -2.15. The van der Waals surface area contributed by atoms with E-state index in [2.05, 4.69) is 5.10 Å². The number of Topliss-reactive ketones (excluding diaryl/α,β-unsaturated/α-hetero) is 1. The third-order valence-corrected chi connectivity index (χ3v) is 4.86. The van der Waals surface area contributed by atoms with Crippen LogP contribution in [0.5, 0.6) is 11.5 Å². The molecule has 1 aliphatic rings. The number of nitrogens with zero attached hydrogens (tertiary/aromatic N) is 2. The number of aromatic nitrogens is 2. The molecule has 3 aromatic rings. The number of carbonyl (C=O) groups is 2. The minimum Gasteiger partial charge on any atom is -0.454 e. The van der Waals surface area contributed by atoms with E-state index in [-0.39, 0.29) is 23.3 Å². The van der Waals surface area contributed by atoms with Gasteiger partial charge in [0.2, 0.25) is 6.79 Å². The number of benzene rings is 2. The largest absolute Gasteiger partial charge is 0.454 e. The van der Waals surface area contributed by atoms with Crippen LogP contribution in [0.25, 0.3) is 0 Å². The molecule has 1 aliphatic heterocycles. The van der Waals surface area contributed by atoms with Crippen molar-refractivity contribution in [2.75, 3.05) is 13.4 Å². The minimum atomic E-state index is -0.694. The molecule has 0 radical (unpaired) electrons. The van der Waals surface area contributed by atoms with Crippen molar-refractivity contribution in [3.05, 3.63) is 76.1 Å². The van der Waals surface area contributed by atoms with E-state index >= 15 is 0 Å². The fourth-order valence-corrected chi connectivity index (χ4v) is 3.31. The Balaban J connectivity index is 1.44. The van der Waals surface area contributed by atoms with E-state index in [0.29, 0.717) is 29.3 Å². The van der Waals surface area contributed by atoms with Gasteiger partial charge < -0.3 is 14.2 Å². The molecular weight excluding hydrogens is 396 g/mol. The second-order valence-electron chi connectivity index (χ2n) is 6.46. The minimum absolute atomic E-state index is 0.118. The highest BCUT2D eigenvalue weighted by Crippen LogP contribution is 2.32. The molecule has 4 rings (SSSR count). The molecule has 0 atom stereocenters. The maximum atomic E-state index is 12.5. The molecule has 0 bridgehead atoms. The number of rotatable bonds is 6. The Morgan fingerprint density at radius 1 is 1.14 bits per heavy atom. The van der Waals surface area contributed by atoms with Crippen LogP contribution in [0.1, 0.15) is 32.0 Å². The molecule has 0 N–H and O–H groups in total. The predicted octanol–water partition coefficient (Wildman–Crippen LogP) is 3.66. The summed E-state index contributed by atoms with van der Waals surface area (Å²) in [6.45, 7) is 1.79. The fourth-order valence-electron chi connectivity index (χ4n) is 3.00. The highest BCUT2D eigenvalue weighted by atomic mass is 35.5. The van der Waals surface area contributed by atoms with Gasteiger partial charge in [0.1, 0.15) is 10.7 Å². The summed E-state index contributed by atoms with van der Waals surface area (Å²) < 4.78 is 17.2. The Morgan fingerprint density at radius 3 is 2.69 bits per heavy atom. The van der Waals surface area contributed by atoms with Gasteiger partial charge >= 0.3 is 5.97 Å². The van der Waals surface area contributed by atoms with Gasteiger partial charge in [-0.1, -0.05) is 41.9 Å². The molecule has 0 spiro atoms. The predicted molar refractivity (Wildman–Crippen MR) is 105 cm³/mol. The number of halogens is 1. The summed E-state index contributed by atoms with van der Waals surface area (Å²) in [5.41, 5.74) is 1.95. The van der Waals surface area contributed by atoms with Crippen LogP contribution in [0.15, 0.2) is 48.5 Å². The molecular formula is C21H17ClN2O5. The average Bonchev–Trinajstić information content (AvgIpc) is 3.30. The van der Waals surface area contributed by atoms with Gasteiger partial charge in [0.15, 0.2) is 23.9 Å². The lowest BCUT2D eigenvalue weighted by atomic mass is 10.1. The summed E-state index contributed by atoms with van der Waals surface area (Å²) in [7, 11) is 0. The quantitative estimate of drug-likeness (QED) is 0.454. The van der Waals surface area contributed by atoms with Gasteiger partial charge in [-0.3, -0.25) is 4.79 Å². The summed E-state index contributed by atoms with van der Waals surface area (Å²) >= 11 is 6.35. The van der Waals surface area contributed by atoms with Gasteiger partial charge in [-0.2, -0.15) is 5.10 Å². The van der Waals surface area contributed by atoms with Gasteiger partial charge in [-0.15, -0.1) is 0 Å². The molecule has 0 fully saturated rings. The van der Waals surface area contributed by atoms with Crippen LogP contribution >= 0.6 is 11.6 Å². The van der Waals surface area contributed by atoms with E-state index in [1.165, 1.54) is 4.68 Å². The molecule has 0 saturated carbocycles. The molecule has 148 valence electrons. The van der Waals surface area contributed by atoms with Gasteiger partial charge in [0.25, 0.3) is 0 Å². The van der Waals surface area contributed by atoms with Gasteiger partial charge in [-0.25, -0.2) is 9.48 Å². The van der Waals surface area contributed by atoms with Gasteiger partial charge in [-0.05, 0) is 30.7 Å². The second-order valence-corrected chi connectivity index (χ2v) is 6.82. The topological polar surface area (TPSA) is 79.7 Å². The third-order valence-electron chi connectivity index (χ3n) is 4.47. The van der Waals surface area contributed by atoms with E-state index in [1.54, 1.807) is 25.1 Å². The Hall–Kier alpha value is -3.32. The number of fused-ring (bicyclic) bond motifs is 1. The number of ketones is 1. The van der Waals surface area contributed by atoms with Crippen LogP contribution in [0.3, 0.4) is 0 Å². The van der Waals surface area contributed by atoms with Crippen LogP contribution in [0.2, 0.25) is 5.15 Å². The standard InChI is InChI=1S/C21H17ClN2O5/c1-13-19(20(22)24(23-13)10-14-5-3-2-4-6-14)21(26)27-11-16(25)15-7-8-17-18(9-15)29-12-28-17/h2-9H,10-12H2,1H3. The van der Waals surface area contributed by atoms with Crippen LogP contribution in [0, 0.1) is 6.92 Å². The van der Waals surface area contributed by atoms with Crippen molar-refractivity contribution < 1.29 is 23.8 Å². The van der Waals surface area contributed by atoms with Crippen LogP contribution in [-0.4, -0.2) is 34.9 Å². The van der Waals surface area contributed by atoms with Crippen molar-refractivity contribution in [3.63, 3.8) is 0 Å². The smallest absolute Gasteiger partial charge is 0.343 e. The van der Waals surface area contributed by atoms with Crippen molar-refractivity contribution in [2.24, 2.45) is 0 Å². The van der Waals surface area contributed by atoms with E-state index in [4.69, 9.17) is 25.8 Å². The normalized spacial score (nSPS) is 12.1. The summed E-state index contributed by atoms with van der Waals surface area (Å²) in [4.78, 5) is 24.9. The SMILES string of the molecule is Cc1nn(Cc2ccccc2)c(Cl)c1C(=O)OCC(=O)c1ccc2c(c1)OCO2. The molecule has 7 nitrogen and oxygen atoms in total. The van der Waals surface area contributed by atoms with E-state index in [1.807, 2.05) is 30.3 Å². The third kappa shape index (κ3) is 3.95. The summed E-state index contributed by atoms with van der Waals surface area (Å²) in [6.07, 6.45) is 0. The van der Waals surface area contributed by atoms with Crippen molar-refractivity contribution in [3.8, 4) is 11.5 Å². The van der Waals surface area contributed by atoms with Crippen molar-refractivity contribution >= 4 is 23.4 Å². The van der Waals surface area contributed by atoms with E-state index < -0.39 is 12.6 Å². The number of carbonyl (C=O) groups excluding carboxylic acids is 2. The zero-order valence-corrected chi connectivity index (χ0v) is 16.3. The molecule has 0 aliphatic carbocycles. The molecule has 29 heavy (non-hydrogen) atoms. The zero-order valence-electron chi connectivity index (χ0n) is 15.6. The van der Waals surface area contributed by atoms with Gasteiger partial charge in [0.05, 0.1) is 12.2 Å². The Kier molecular flexibility index (Phi) is 5.22. The molecule has 1 aromatic heterocycles. The number of hydrogen-bond acceptors (Lipinski definition) is 6. The first-order valence-electron chi connectivity index (χ1n) is 8.89. The summed E-state index contributed by atoms with van der Waals surface area (Å²) in [5.74, 6) is 0.0121. The van der Waals surface area contributed by atoms with Crippen molar-refractivity contribution in [1.82, 2.24) is 9.78 Å². The molecule has 8 heteroatoms. The molecule has 2 aromatic carbocycles. The monoisotopic (exact) mass is 412 g/mol. The Labute approximate surface area is 171 Å². The highest BCUT2D eigenvalue weighted by Gasteiger charge is 2.23. The number of hydrogen-bond donors (Lipinski definition) is 0. The number of esters is 1. The first kappa shape index (κ1) is 19.0. The Bertz CT molecular complexity index is 1080. The van der Waals surface area contributed by atoms with Crippen LogP contribution in [0.4, 0.5) is 0 Å². The highest BCUT2D eigenvalue weighted by molar-refractivity contribution is 6.32. The van der Waals surface area contributed by atoms with Crippen LogP contribution < -0.4 is 9.47 Å². The number of ether oxygens (including phenoxy) is 3. The molecule has 2 heterocycles. The average molecular weight is 413 g/mol. The zero-order chi connectivity index (χ0) is 20.4. The lowest BCUT2D eigenvalue weighted by Gasteiger charge is -2.06. The Morgan fingerprint density at radius 2 is 1.90 bits per heavy atom. The summed E-state index contributed by atoms with van der Waals surface area (Å²) in [5, 5.41) is 4.49. The molecule has 0 amide bonds. The second kappa shape index (κ2) is 7.97. The number of aryl methyl sites for hydroxylation is 1. The van der Waals surface area contributed by atoms with Crippen molar-refractivity contribution in [2.45, 2.75) is 13.5 Å².